The number of hydrogen-bond donors (Lipinski definition) is 2. The fraction of sp³-hybridized carbons (Fsp3) is 0.875. The Kier molecular flexibility index (Phi) is 5.20. The van der Waals surface area contributed by atoms with Gasteiger partial charge in [-0.3, -0.25) is 4.79 Å². The summed E-state index contributed by atoms with van der Waals surface area (Å²) in [4.78, 5) is 25.6. The molecule has 1 unspecified atom stereocenters. The van der Waals surface area contributed by atoms with Crippen molar-refractivity contribution in [3.05, 3.63) is 0 Å². The average molecular weight is 329 g/mol. The number of aliphatic hydroxyl groups excluding tert-OH is 1. The zero-order valence-corrected chi connectivity index (χ0v) is 14.1. The highest BCUT2D eigenvalue weighted by atomic mass is 16.6. The smallest absolute Gasteiger partial charge is 0.410 e. The SMILES string of the molecule is CC(C)(C)OC(=O)N1CCOC(C2(C(=O)O)CCC(O)CC2)C1. The predicted octanol–water partition coefficient (Wildman–Crippen LogP) is 1.63. The van der Waals surface area contributed by atoms with Gasteiger partial charge in [-0.15, -0.1) is 0 Å². The third-order valence-corrected chi connectivity index (χ3v) is 4.61. The van der Waals surface area contributed by atoms with Crippen LogP contribution >= 0.6 is 0 Å². The molecule has 1 heterocycles. The van der Waals surface area contributed by atoms with Crippen LogP contribution in [0.25, 0.3) is 0 Å². The number of morpholine rings is 1. The number of carbonyl (C=O) groups is 2. The Bertz CT molecular complexity index is 450. The molecule has 2 aliphatic rings. The van der Waals surface area contributed by atoms with E-state index in [9.17, 15) is 19.8 Å². The minimum Gasteiger partial charge on any atom is -0.481 e. The molecule has 1 aliphatic carbocycles. The topological polar surface area (TPSA) is 96.3 Å². The van der Waals surface area contributed by atoms with E-state index in [-0.39, 0.29) is 6.54 Å². The molecule has 2 N–H and O–H groups in total. The molecule has 7 nitrogen and oxygen atoms in total. The first kappa shape index (κ1) is 18.0. The van der Waals surface area contributed by atoms with Crippen molar-refractivity contribution in [3.63, 3.8) is 0 Å². The van der Waals surface area contributed by atoms with Gasteiger partial charge in [0.25, 0.3) is 0 Å². The summed E-state index contributed by atoms with van der Waals surface area (Å²) in [7, 11) is 0. The first-order valence-corrected chi connectivity index (χ1v) is 8.15. The molecule has 7 heteroatoms. The van der Waals surface area contributed by atoms with Gasteiger partial charge in [0, 0.05) is 6.54 Å². The van der Waals surface area contributed by atoms with Crippen LogP contribution in [0.3, 0.4) is 0 Å². The second kappa shape index (κ2) is 6.65. The van der Waals surface area contributed by atoms with Crippen molar-refractivity contribution in [3.8, 4) is 0 Å². The molecule has 1 saturated heterocycles. The number of aliphatic carboxylic acids is 1. The van der Waals surface area contributed by atoms with Gasteiger partial charge in [0.15, 0.2) is 0 Å². The monoisotopic (exact) mass is 329 g/mol. The fourth-order valence-electron chi connectivity index (χ4n) is 3.27. The summed E-state index contributed by atoms with van der Waals surface area (Å²) < 4.78 is 11.1. The molecule has 1 aliphatic heterocycles. The summed E-state index contributed by atoms with van der Waals surface area (Å²) in [5.74, 6) is -0.916. The van der Waals surface area contributed by atoms with Gasteiger partial charge in [0.05, 0.1) is 30.8 Å². The highest BCUT2D eigenvalue weighted by Gasteiger charge is 2.50. The standard InChI is InChI=1S/C16H27NO6/c1-15(2,3)23-14(21)17-8-9-22-12(10-17)16(13(19)20)6-4-11(18)5-7-16/h11-12,18H,4-10H2,1-3H3,(H,19,20). The Morgan fingerprint density at radius 1 is 1.26 bits per heavy atom. The molecular formula is C16H27NO6. The van der Waals surface area contributed by atoms with Gasteiger partial charge in [-0.2, -0.15) is 0 Å². The highest BCUT2D eigenvalue weighted by Crippen LogP contribution is 2.42. The summed E-state index contributed by atoms with van der Waals surface area (Å²) in [5, 5.41) is 19.4. The molecule has 0 spiro atoms. The van der Waals surface area contributed by atoms with E-state index in [1.54, 1.807) is 20.8 Å². The highest BCUT2D eigenvalue weighted by molar-refractivity contribution is 5.76. The molecular weight excluding hydrogens is 302 g/mol. The first-order chi connectivity index (χ1) is 10.6. The summed E-state index contributed by atoms with van der Waals surface area (Å²) in [6.07, 6.45) is 0.132. The maximum atomic E-state index is 12.2. The molecule has 0 aromatic rings. The van der Waals surface area contributed by atoms with Gasteiger partial charge in [-0.25, -0.2) is 4.79 Å². The largest absolute Gasteiger partial charge is 0.481 e. The van der Waals surface area contributed by atoms with E-state index in [1.807, 2.05) is 0 Å². The van der Waals surface area contributed by atoms with Crippen LogP contribution in [-0.2, 0) is 14.3 Å². The van der Waals surface area contributed by atoms with Crippen LogP contribution in [0.2, 0.25) is 0 Å². The van der Waals surface area contributed by atoms with Crippen molar-refractivity contribution >= 4 is 12.1 Å². The van der Waals surface area contributed by atoms with Crippen molar-refractivity contribution < 1.29 is 29.3 Å². The van der Waals surface area contributed by atoms with Crippen LogP contribution in [0.4, 0.5) is 4.79 Å². The Morgan fingerprint density at radius 2 is 1.87 bits per heavy atom. The van der Waals surface area contributed by atoms with Crippen LogP contribution in [0, 0.1) is 5.41 Å². The molecule has 23 heavy (non-hydrogen) atoms. The molecule has 0 aromatic heterocycles. The second-order valence-electron chi connectivity index (χ2n) is 7.48. The summed E-state index contributed by atoms with van der Waals surface area (Å²) >= 11 is 0. The van der Waals surface area contributed by atoms with Crippen LogP contribution < -0.4 is 0 Å². The number of carboxylic acids is 1. The number of carboxylic acid groups (broad SMARTS) is 1. The van der Waals surface area contributed by atoms with E-state index in [2.05, 4.69) is 0 Å². The Labute approximate surface area is 136 Å². The van der Waals surface area contributed by atoms with Gasteiger partial charge in [-0.1, -0.05) is 0 Å². The summed E-state index contributed by atoms with van der Waals surface area (Å²) in [5.41, 5.74) is -1.63. The Hall–Kier alpha value is -1.34. The van der Waals surface area contributed by atoms with Crippen molar-refractivity contribution in [2.24, 2.45) is 5.41 Å². The van der Waals surface area contributed by atoms with Gasteiger partial charge in [0.1, 0.15) is 5.60 Å². The van der Waals surface area contributed by atoms with Crippen LogP contribution in [0.5, 0.6) is 0 Å². The van der Waals surface area contributed by atoms with Crippen LogP contribution in [-0.4, -0.2) is 64.7 Å². The van der Waals surface area contributed by atoms with Gasteiger partial charge >= 0.3 is 12.1 Å². The minimum absolute atomic E-state index is 0.206. The van der Waals surface area contributed by atoms with Crippen molar-refractivity contribution in [1.29, 1.82) is 0 Å². The lowest BCUT2D eigenvalue weighted by Gasteiger charge is -2.45. The number of aliphatic hydroxyl groups is 1. The normalized spacial score (nSPS) is 32.4. The molecule has 0 bridgehead atoms. The summed E-state index contributed by atoms with van der Waals surface area (Å²) in [6, 6.07) is 0. The summed E-state index contributed by atoms with van der Waals surface area (Å²) in [6.45, 7) is 6.28. The molecule has 132 valence electrons. The van der Waals surface area contributed by atoms with Crippen molar-refractivity contribution in [1.82, 2.24) is 4.90 Å². The Morgan fingerprint density at radius 3 is 2.39 bits per heavy atom. The third-order valence-electron chi connectivity index (χ3n) is 4.61. The molecule has 1 atom stereocenters. The number of carbonyl (C=O) groups excluding carboxylic acids is 1. The van der Waals surface area contributed by atoms with Gasteiger partial charge in [0.2, 0.25) is 0 Å². The average Bonchev–Trinajstić information content (AvgIpc) is 2.46. The maximum absolute atomic E-state index is 12.2. The van der Waals surface area contributed by atoms with E-state index < -0.39 is 35.3 Å². The molecule has 0 radical (unpaired) electrons. The quantitative estimate of drug-likeness (QED) is 0.799. The number of rotatable bonds is 2. The maximum Gasteiger partial charge on any atom is 0.410 e. The van der Waals surface area contributed by atoms with E-state index >= 15 is 0 Å². The predicted molar refractivity (Wildman–Crippen MR) is 82.1 cm³/mol. The molecule has 0 aromatic carbocycles. The van der Waals surface area contributed by atoms with E-state index in [0.29, 0.717) is 38.8 Å². The van der Waals surface area contributed by atoms with E-state index in [4.69, 9.17) is 9.47 Å². The lowest BCUT2D eigenvalue weighted by molar-refractivity contribution is -0.173. The van der Waals surface area contributed by atoms with E-state index in [1.165, 1.54) is 4.90 Å². The zero-order chi connectivity index (χ0) is 17.3. The van der Waals surface area contributed by atoms with E-state index in [0.717, 1.165) is 0 Å². The molecule has 1 amide bonds. The van der Waals surface area contributed by atoms with Crippen molar-refractivity contribution in [2.45, 2.75) is 64.3 Å². The van der Waals surface area contributed by atoms with Gasteiger partial charge < -0.3 is 24.6 Å². The third kappa shape index (κ3) is 4.14. The molecule has 2 rings (SSSR count). The first-order valence-electron chi connectivity index (χ1n) is 8.15. The number of hydrogen-bond acceptors (Lipinski definition) is 5. The fourth-order valence-corrected chi connectivity index (χ4v) is 3.27. The van der Waals surface area contributed by atoms with Crippen LogP contribution in [0.15, 0.2) is 0 Å². The number of ether oxygens (including phenoxy) is 2. The number of nitrogens with zero attached hydrogens (tertiary/aromatic N) is 1. The molecule has 2 fully saturated rings. The Balaban J connectivity index is 2.09. The lowest BCUT2D eigenvalue weighted by Crippen LogP contribution is -2.57. The molecule has 1 saturated carbocycles. The van der Waals surface area contributed by atoms with Crippen molar-refractivity contribution in [2.75, 3.05) is 19.7 Å². The lowest BCUT2D eigenvalue weighted by atomic mass is 9.69. The number of amides is 1. The van der Waals surface area contributed by atoms with Gasteiger partial charge in [-0.05, 0) is 46.5 Å². The second-order valence-corrected chi connectivity index (χ2v) is 7.48. The zero-order valence-electron chi connectivity index (χ0n) is 14.1. The minimum atomic E-state index is -1.04. The van der Waals surface area contributed by atoms with Crippen LogP contribution in [0.1, 0.15) is 46.5 Å².